The largest absolute Gasteiger partial charge is 0.481 e. The van der Waals surface area contributed by atoms with Gasteiger partial charge in [0.1, 0.15) is 5.82 Å². The van der Waals surface area contributed by atoms with Crippen LogP contribution in [0.2, 0.25) is 5.02 Å². The molecule has 1 aliphatic rings. The Morgan fingerprint density at radius 2 is 1.68 bits per heavy atom. The van der Waals surface area contributed by atoms with Gasteiger partial charge in [-0.15, -0.1) is 0 Å². The molecule has 1 aliphatic heterocycles. The Balaban J connectivity index is 0.000000550. The fraction of sp³-hybridized carbons (Fsp3) is 0.464. The predicted molar refractivity (Wildman–Crippen MR) is 146 cm³/mol. The molecule has 0 saturated carbocycles. The van der Waals surface area contributed by atoms with Gasteiger partial charge in [0, 0.05) is 12.6 Å². The topological polar surface area (TPSA) is 128 Å². The van der Waals surface area contributed by atoms with Crippen LogP contribution in [-0.4, -0.2) is 47.2 Å². The van der Waals surface area contributed by atoms with Crippen molar-refractivity contribution < 1.29 is 29.0 Å². The Kier molecular flexibility index (Phi) is 12.5. The SMILES string of the molecule is CC(C)CC(C)NC(=O)c1ccc(CNc2c(Cl)ccc3c2CCNCC3)cc1F.O=C(O)CCC(=O)O. The van der Waals surface area contributed by atoms with Crippen LogP contribution in [0.5, 0.6) is 0 Å². The lowest BCUT2D eigenvalue weighted by atomic mass is 10.0. The van der Waals surface area contributed by atoms with Gasteiger partial charge in [0.15, 0.2) is 0 Å². The predicted octanol–water partition coefficient (Wildman–Crippen LogP) is 4.88. The number of halogens is 2. The number of nitrogens with one attached hydrogen (secondary N) is 3. The monoisotopic (exact) mass is 549 g/mol. The van der Waals surface area contributed by atoms with E-state index in [4.69, 9.17) is 21.8 Å². The zero-order valence-corrected chi connectivity index (χ0v) is 22.8. The molecule has 10 heteroatoms. The van der Waals surface area contributed by atoms with Crippen molar-refractivity contribution in [3.05, 3.63) is 63.4 Å². The van der Waals surface area contributed by atoms with Gasteiger partial charge in [-0.1, -0.05) is 37.6 Å². The molecule has 208 valence electrons. The van der Waals surface area contributed by atoms with Crippen molar-refractivity contribution in [2.45, 2.75) is 65.5 Å². The summed E-state index contributed by atoms with van der Waals surface area (Å²) in [5.74, 6) is -2.57. The number of carboxylic acids is 2. The molecule has 8 nitrogen and oxygen atoms in total. The molecule has 2 aromatic rings. The van der Waals surface area contributed by atoms with E-state index in [-0.39, 0.29) is 30.4 Å². The van der Waals surface area contributed by atoms with E-state index >= 15 is 0 Å². The third-order valence-corrected chi connectivity index (χ3v) is 6.30. The maximum absolute atomic E-state index is 14.6. The van der Waals surface area contributed by atoms with Gasteiger partial charge in [-0.3, -0.25) is 14.4 Å². The highest BCUT2D eigenvalue weighted by molar-refractivity contribution is 6.33. The number of aliphatic carboxylic acids is 2. The normalized spacial score (nSPS) is 13.4. The second-order valence-corrected chi connectivity index (χ2v) is 10.2. The first-order valence-electron chi connectivity index (χ1n) is 12.8. The van der Waals surface area contributed by atoms with Gasteiger partial charge in [0.25, 0.3) is 5.91 Å². The third kappa shape index (κ3) is 10.3. The lowest BCUT2D eigenvalue weighted by Crippen LogP contribution is -2.34. The first-order valence-corrected chi connectivity index (χ1v) is 13.1. The van der Waals surface area contributed by atoms with Crippen molar-refractivity contribution in [3.63, 3.8) is 0 Å². The average molecular weight is 550 g/mol. The van der Waals surface area contributed by atoms with Gasteiger partial charge >= 0.3 is 11.9 Å². The highest BCUT2D eigenvalue weighted by Gasteiger charge is 2.17. The summed E-state index contributed by atoms with van der Waals surface area (Å²) in [6.07, 6.45) is 2.13. The minimum Gasteiger partial charge on any atom is -0.481 e. The van der Waals surface area contributed by atoms with Crippen LogP contribution >= 0.6 is 11.6 Å². The lowest BCUT2D eigenvalue weighted by Gasteiger charge is -2.17. The molecule has 1 atom stereocenters. The highest BCUT2D eigenvalue weighted by Crippen LogP contribution is 2.31. The number of hydrogen-bond donors (Lipinski definition) is 5. The number of amides is 1. The second kappa shape index (κ2) is 15.3. The van der Waals surface area contributed by atoms with Crippen LogP contribution in [0, 0.1) is 11.7 Å². The van der Waals surface area contributed by atoms with Crippen LogP contribution in [0.25, 0.3) is 0 Å². The van der Waals surface area contributed by atoms with E-state index in [1.165, 1.54) is 17.2 Å². The highest BCUT2D eigenvalue weighted by atomic mass is 35.5. The first-order chi connectivity index (χ1) is 18.0. The minimum absolute atomic E-state index is 0.00298. The van der Waals surface area contributed by atoms with E-state index in [0.717, 1.165) is 43.6 Å². The number of carboxylic acid groups (broad SMARTS) is 2. The van der Waals surface area contributed by atoms with Crippen molar-refractivity contribution in [1.82, 2.24) is 10.6 Å². The number of carbonyl (C=O) groups is 3. The number of benzene rings is 2. The van der Waals surface area contributed by atoms with Crippen LogP contribution in [0.1, 0.15) is 67.1 Å². The van der Waals surface area contributed by atoms with Gasteiger partial charge in [-0.2, -0.15) is 0 Å². The van der Waals surface area contributed by atoms with E-state index in [2.05, 4.69) is 35.9 Å². The van der Waals surface area contributed by atoms with Crippen LogP contribution in [0.4, 0.5) is 10.1 Å². The molecule has 0 aromatic heterocycles. The molecule has 1 unspecified atom stereocenters. The molecule has 0 fully saturated rings. The van der Waals surface area contributed by atoms with E-state index in [1.54, 1.807) is 12.1 Å². The fourth-order valence-corrected chi connectivity index (χ4v) is 4.50. The Bertz CT molecular complexity index is 1110. The van der Waals surface area contributed by atoms with E-state index in [0.29, 0.717) is 17.5 Å². The zero-order chi connectivity index (χ0) is 28.2. The summed E-state index contributed by atoms with van der Waals surface area (Å²) in [6.45, 7) is 8.44. The van der Waals surface area contributed by atoms with E-state index < -0.39 is 17.8 Å². The smallest absolute Gasteiger partial charge is 0.303 e. The third-order valence-electron chi connectivity index (χ3n) is 5.98. The summed E-state index contributed by atoms with van der Waals surface area (Å²) in [6, 6.07) is 8.77. The summed E-state index contributed by atoms with van der Waals surface area (Å²) < 4.78 is 14.6. The van der Waals surface area contributed by atoms with Crippen molar-refractivity contribution in [2.75, 3.05) is 18.4 Å². The molecule has 1 heterocycles. The Labute approximate surface area is 228 Å². The molecule has 5 N–H and O–H groups in total. The second-order valence-electron chi connectivity index (χ2n) is 9.77. The molecule has 0 spiro atoms. The van der Waals surface area contributed by atoms with Gasteiger partial charge in [-0.05, 0) is 80.1 Å². The number of hydrogen-bond acceptors (Lipinski definition) is 5. The summed E-state index contributed by atoms with van der Waals surface area (Å²) in [5.41, 5.74) is 4.28. The Morgan fingerprint density at radius 3 is 2.29 bits per heavy atom. The van der Waals surface area contributed by atoms with Crippen molar-refractivity contribution >= 4 is 35.1 Å². The molecule has 0 bridgehead atoms. The fourth-order valence-electron chi connectivity index (χ4n) is 4.26. The van der Waals surface area contributed by atoms with Gasteiger partial charge in [-0.25, -0.2) is 4.39 Å². The van der Waals surface area contributed by atoms with Crippen LogP contribution < -0.4 is 16.0 Å². The summed E-state index contributed by atoms with van der Waals surface area (Å²) in [4.78, 5) is 31.7. The molecular formula is C28H37ClFN3O5. The van der Waals surface area contributed by atoms with Gasteiger partial charge < -0.3 is 26.2 Å². The number of rotatable bonds is 10. The quantitative estimate of drug-likeness (QED) is 0.286. The molecule has 38 heavy (non-hydrogen) atoms. The zero-order valence-electron chi connectivity index (χ0n) is 22.1. The van der Waals surface area contributed by atoms with Gasteiger partial charge in [0.2, 0.25) is 0 Å². The minimum atomic E-state index is -1.08. The molecule has 0 radical (unpaired) electrons. The number of fused-ring (bicyclic) bond motifs is 1. The van der Waals surface area contributed by atoms with Crippen molar-refractivity contribution in [2.24, 2.45) is 5.92 Å². The van der Waals surface area contributed by atoms with E-state index in [9.17, 15) is 18.8 Å². The molecular weight excluding hydrogens is 513 g/mol. The Hall–Kier alpha value is -3.17. The number of anilines is 1. The maximum atomic E-state index is 14.6. The van der Waals surface area contributed by atoms with Crippen molar-refractivity contribution in [3.8, 4) is 0 Å². The lowest BCUT2D eigenvalue weighted by molar-refractivity contribution is -0.143. The molecule has 1 amide bonds. The molecule has 2 aromatic carbocycles. The summed E-state index contributed by atoms with van der Waals surface area (Å²) >= 11 is 6.45. The van der Waals surface area contributed by atoms with Crippen LogP contribution in [0.3, 0.4) is 0 Å². The average Bonchev–Trinajstić information content (AvgIpc) is 3.07. The molecule has 3 rings (SSSR count). The van der Waals surface area contributed by atoms with Crippen molar-refractivity contribution in [1.29, 1.82) is 0 Å². The first kappa shape index (κ1) is 31.1. The maximum Gasteiger partial charge on any atom is 0.303 e. The summed E-state index contributed by atoms with van der Waals surface area (Å²) in [7, 11) is 0. The van der Waals surface area contributed by atoms with Crippen LogP contribution in [0.15, 0.2) is 30.3 Å². The van der Waals surface area contributed by atoms with E-state index in [1.807, 2.05) is 13.0 Å². The Morgan fingerprint density at radius 1 is 1.03 bits per heavy atom. The van der Waals surface area contributed by atoms with Crippen LogP contribution in [-0.2, 0) is 29.0 Å². The molecule has 0 aliphatic carbocycles. The van der Waals surface area contributed by atoms with Gasteiger partial charge in [0.05, 0.1) is 29.1 Å². The standard InChI is InChI=1S/C24H31ClFN3O.C4H6O4/c1-15(2)12-16(3)29-24(30)20-6-4-17(13-22(20)26)14-28-23-19-9-11-27-10-8-18(19)5-7-21(23)25;5-3(6)1-2-4(7)8/h4-7,13,15-16,27-28H,8-12,14H2,1-3H3,(H,29,30);1-2H2,(H,5,6)(H,7,8). The number of carbonyl (C=O) groups excluding carboxylic acids is 1. The molecule has 0 saturated heterocycles. The summed E-state index contributed by atoms with van der Waals surface area (Å²) in [5, 5.41) is 26.1.